The number of fused-ring (bicyclic) bond motifs is 1. The van der Waals surface area contributed by atoms with E-state index in [1.54, 1.807) is 12.1 Å². The number of carbonyl (C=O) groups is 1. The van der Waals surface area contributed by atoms with Crippen LogP contribution in [0.15, 0.2) is 18.2 Å². The van der Waals surface area contributed by atoms with Crippen molar-refractivity contribution in [2.45, 2.75) is 12.8 Å². The van der Waals surface area contributed by atoms with Crippen molar-refractivity contribution in [3.8, 4) is 11.5 Å². The highest BCUT2D eigenvalue weighted by molar-refractivity contribution is 5.92. The fraction of sp³-hybridized carbons (Fsp3) is 0.533. The first-order valence-corrected chi connectivity index (χ1v) is 7.27. The van der Waals surface area contributed by atoms with E-state index in [0.29, 0.717) is 24.0 Å². The van der Waals surface area contributed by atoms with Gasteiger partial charge in [-0.15, -0.1) is 0 Å². The zero-order valence-corrected chi connectivity index (χ0v) is 11.9. The van der Waals surface area contributed by atoms with Crippen LogP contribution < -0.4 is 14.8 Å². The van der Waals surface area contributed by atoms with Crippen LogP contribution >= 0.6 is 0 Å². The lowest BCUT2D eigenvalue weighted by molar-refractivity contribution is -0.117. The largest absolute Gasteiger partial charge is 0.454 e. The Bertz CT molecular complexity index is 512. The Morgan fingerprint density at radius 3 is 2.81 bits per heavy atom. The molecule has 6 heteroatoms. The fourth-order valence-electron chi connectivity index (χ4n) is 2.71. The summed E-state index contributed by atoms with van der Waals surface area (Å²) in [5.74, 6) is 1.73. The summed E-state index contributed by atoms with van der Waals surface area (Å²) in [6.45, 7) is 2.58. The highest BCUT2D eigenvalue weighted by Gasteiger charge is 2.20. The number of benzene rings is 1. The van der Waals surface area contributed by atoms with Crippen molar-refractivity contribution in [1.82, 2.24) is 4.90 Å². The van der Waals surface area contributed by atoms with Gasteiger partial charge >= 0.3 is 0 Å². The first-order valence-electron chi connectivity index (χ1n) is 7.27. The Hall–Kier alpha value is -1.79. The van der Waals surface area contributed by atoms with Gasteiger partial charge in [-0.3, -0.25) is 9.69 Å². The van der Waals surface area contributed by atoms with E-state index in [2.05, 4.69) is 10.2 Å². The van der Waals surface area contributed by atoms with Gasteiger partial charge < -0.3 is 19.9 Å². The van der Waals surface area contributed by atoms with Gasteiger partial charge in [-0.2, -0.15) is 0 Å². The molecule has 0 saturated carbocycles. The molecule has 1 fully saturated rings. The molecule has 2 N–H and O–H groups in total. The molecule has 2 aliphatic heterocycles. The molecule has 1 amide bonds. The van der Waals surface area contributed by atoms with Gasteiger partial charge in [-0.05, 0) is 44.0 Å². The highest BCUT2D eigenvalue weighted by Crippen LogP contribution is 2.34. The lowest BCUT2D eigenvalue weighted by Crippen LogP contribution is -2.39. The number of aliphatic hydroxyl groups is 1. The van der Waals surface area contributed by atoms with Crippen molar-refractivity contribution in [2.24, 2.45) is 5.92 Å². The molecule has 1 aromatic rings. The van der Waals surface area contributed by atoms with E-state index in [0.717, 1.165) is 31.6 Å². The average molecular weight is 292 g/mol. The molecule has 0 aromatic heterocycles. The summed E-state index contributed by atoms with van der Waals surface area (Å²) in [5.41, 5.74) is 0.717. The Balaban J connectivity index is 1.50. The third-order valence-corrected chi connectivity index (χ3v) is 3.99. The van der Waals surface area contributed by atoms with Crippen molar-refractivity contribution < 1.29 is 19.4 Å². The smallest absolute Gasteiger partial charge is 0.238 e. The number of anilines is 1. The van der Waals surface area contributed by atoms with Crippen LogP contribution in [0.1, 0.15) is 12.8 Å². The van der Waals surface area contributed by atoms with Gasteiger partial charge in [0.2, 0.25) is 12.7 Å². The van der Waals surface area contributed by atoms with Crippen LogP contribution in [0.3, 0.4) is 0 Å². The molecule has 2 heterocycles. The van der Waals surface area contributed by atoms with Crippen LogP contribution in [0, 0.1) is 5.92 Å². The number of aliphatic hydroxyl groups excluding tert-OH is 1. The van der Waals surface area contributed by atoms with Crippen LogP contribution in [0.2, 0.25) is 0 Å². The Morgan fingerprint density at radius 1 is 1.29 bits per heavy atom. The minimum Gasteiger partial charge on any atom is -0.454 e. The molecular weight excluding hydrogens is 272 g/mol. The van der Waals surface area contributed by atoms with E-state index in [-0.39, 0.29) is 19.3 Å². The van der Waals surface area contributed by atoms with Crippen molar-refractivity contribution in [2.75, 3.05) is 38.4 Å². The van der Waals surface area contributed by atoms with Gasteiger partial charge in [0.15, 0.2) is 11.5 Å². The Kier molecular flexibility index (Phi) is 4.26. The molecule has 0 bridgehead atoms. The minimum absolute atomic E-state index is 0.0312. The number of hydrogen-bond donors (Lipinski definition) is 2. The summed E-state index contributed by atoms with van der Waals surface area (Å²) in [6.07, 6.45) is 1.90. The maximum atomic E-state index is 12.1. The van der Waals surface area contributed by atoms with E-state index in [1.165, 1.54) is 0 Å². The number of carbonyl (C=O) groups excluding carboxylic acids is 1. The van der Waals surface area contributed by atoms with Crippen LogP contribution in [0.25, 0.3) is 0 Å². The molecule has 0 radical (unpaired) electrons. The van der Waals surface area contributed by atoms with Crippen molar-refractivity contribution in [3.63, 3.8) is 0 Å². The normalized spacial score (nSPS) is 18.7. The van der Waals surface area contributed by atoms with Crippen molar-refractivity contribution in [3.05, 3.63) is 18.2 Å². The summed E-state index contributed by atoms with van der Waals surface area (Å²) >= 11 is 0. The molecular formula is C15H20N2O4. The van der Waals surface area contributed by atoms with Gasteiger partial charge in [-0.25, -0.2) is 0 Å². The number of hydrogen-bond acceptors (Lipinski definition) is 5. The number of amides is 1. The summed E-state index contributed by atoms with van der Waals surface area (Å²) in [7, 11) is 0. The second-order valence-corrected chi connectivity index (χ2v) is 5.52. The van der Waals surface area contributed by atoms with Gasteiger partial charge in [0, 0.05) is 18.4 Å². The molecule has 0 aliphatic carbocycles. The fourth-order valence-corrected chi connectivity index (χ4v) is 2.71. The minimum atomic E-state index is -0.0312. The molecule has 0 spiro atoms. The third-order valence-electron chi connectivity index (χ3n) is 3.99. The van der Waals surface area contributed by atoms with Crippen molar-refractivity contribution >= 4 is 11.6 Å². The summed E-state index contributed by atoms with van der Waals surface area (Å²) in [4.78, 5) is 14.2. The molecule has 6 nitrogen and oxygen atoms in total. The van der Waals surface area contributed by atoms with Gasteiger partial charge in [-0.1, -0.05) is 0 Å². The maximum absolute atomic E-state index is 12.1. The zero-order valence-electron chi connectivity index (χ0n) is 11.9. The van der Waals surface area contributed by atoms with E-state index in [4.69, 9.17) is 14.6 Å². The second-order valence-electron chi connectivity index (χ2n) is 5.52. The van der Waals surface area contributed by atoms with E-state index < -0.39 is 0 Å². The molecule has 3 rings (SSSR count). The lowest BCUT2D eigenvalue weighted by Gasteiger charge is -2.30. The molecule has 0 unspecified atom stereocenters. The van der Waals surface area contributed by atoms with Crippen LogP contribution in [-0.4, -0.2) is 48.9 Å². The highest BCUT2D eigenvalue weighted by atomic mass is 16.7. The monoisotopic (exact) mass is 292 g/mol. The average Bonchev–Trinajstić information content (AvgIpc) is 2.95. The summed E-state index contributed by atoms with van der Waals surface area (Å²) in [6, 6.07) is 5.38. The number of likely N-dealkylation sites (tertiary alicyclic amines) is 1. The molecule has 21 heavy (non-hydrogen) atoms. The predicted octanol–water partition coefficient (Wildman–Crippen LogP) is 1.06. The SMILES string of the molecule is O=C(CN1CCC(CO)CC1)Nc1ccc2c(c1)OCO2. The van der Waals surface area contributed by atoms with E-state index in [1.807, 2.05) is 6.07 Å². The molecule has 114 valence electrons. The topological polar surface area (TPSA) is 71.0 Å². The molecule has 2 aliphatic rings. The summed E-state index contributed by atoms with van der Waals surface area (Å²) in [5, 5.41) is 12.0. The second kappa shape index (κ2) is 6.32. The molecule has 1 saturated heterocycles. The van der Waals surface area contributed by atoms with Crippen LogP contribution in [0.5, 0.6) is 11.5 Å². The van der Waals surface area contributed by atoms with E-state index in [9.17, 15) is 4.79 Å². The number of ether oxygens (including phenoxy) is 2. The number of nitrogens with one attached hydrogen (secondary N) is 1. The first kappa shape index (κ1) is 14.2. The number of piperidine rings is 1. The third kappa shape index (κ3) is 3.46. The van der Waals surface area contributed by atoms with Gasteiger partial charge in [0.1, 0.15) is 0 Å². The van der Waals surface area contributed by atoms with Gasteiger partial charge in [0.05, 0.1) is 6.54 Å². The van der Waals surface area contributed by atoms with Crippen LogP contribution in [0.4, 0.5) is 5.69 Å². The van der Waals surface area contributed by atoms with Crippen LogP contribution in [-0.2, 0) is 4.79 Å². The predicted molar refractivity (Wildman–Crippen MR) is 77.4 cm³/mol. The number of nitrogens with zero attached hydrogens (tertiary/aromatic N) is 1. The Labute approximate surface area is 123 Å². The van der Waals surface area contributed by atoms with E-state index >= 15 is 0 Å². The summed E-state index contributed by atoms with van der Waals surface area (Å²) < 4.78 is 10.5. The standard InChI is InChI=1S/C15H20N2O4/c18-9-11-3-5-17(6-4-11)8-15(19)16-12-1-2-13-14(7-12)21-10-20-13/h1-2,7,11,18H,3-6,8-10H2,(H,16,19). The lowest BCUT2D eigenvalue weighted by atomic mass is 9.98. The van der Waals surface area contributed by atoms with Gasteiger partial charge in [0.25, 0.3) is 0 Å². The Morgan fingerprint density at radius 2 is 2.05 bits per heavy atom. The molecule has 1 aromatic carbocycles. The maximum Gasteiger partial charge on any atom is 0.238 e. The zero-order chi connectivity index (χ0) is 14.7. The quantitative estimate of drug-likeness (QED) is 0.868. The molecule has 0 atom stereocenters. The first-order chi connectivity index (χ1) is 10.2. The van der Waals surface area contributed by atoms with Crippen molar-refractivity contribution in [1.29, 1.82) is 0 Å². The number of rotatable bonds is 4.